The number of pyridine rings is 2. The number of halogens is 1. The van der Waals surface area contributed by atoms with Crippen molar-refractivity contribution in [2.75, 3.05) is 13.1 Å². The third kappa shape index (κ3) is 3.56. The Labute approximate surface area is 164 Å². The summed E-state index contributed by atoms with van der Waals surface area (Å²) < 4.78 is 1.96. The van der Waals surface area contributed by atoms with Crippen LogP contribution < -0.4 is 0 Å². The van der Waals surface area contributed by atoms with E-state index in [2.05, 4.69) is 11.1 Å². The Hall–Kier alpha value is -2.40. The Morgan fingerprint density at radius 2 is 2.11 bits per heavy atom. The monoisotopic (exact) mass is 382 g/mol. The number of carbonyl (C=O) groups is 1. The van der Waals surface area contributed by atoms with Crippen LogP contribution in [0, 0.1) is 5.92 Å². The molecule has 0 aromatic carbocycles. The van der Waals surface area contributed by atoms with E-state index in [-0.39, 0.29) is 17.7 Å². The largest absolute Gasteiger partial charge is 0.342 e. The summed E-state index contributed by atoms with van der Waals surface area (Å²) in [5, 5.41) is 0.660. The lowest BCUT2D eigenvalue weighted by Gasteiger charge is -2.33. The van der Waals surface area contributed by atoms with Crippen molar-refractivity contribution in [2.24, 2.45) is 5.92 Å². The third-order valence-corrected chi connectivity index (χ3v) is 5.37. The second-order valence-electron chi connectivity index (χ2n) is 7.44. The minimum absolute atomic E-state index is 0.0333. The number of rotatable bonds is 3. The van der Waals surface area contributed by atoms with Crippen molar-refractivity contribution in [1.29, 1.82) is 0 Å². The molecule has 0 radical (unpaired) electrons. The van der Waals surface area contributed by atoms with Crippen molar-refractivity contribution in [3.8, 4) is 11.4 Å². The van der Waals surface area contributed by atoms with Gasteiger partial charge in [0.05, 0.1) is 22.6 Å². The van der Waals surface area contributed by atoms with E-state index in [9.17, 15) is 4.79 Å². The summed E-state index contributed by atoms with van der Waals surface area (Å²) in [5.74, 6) is 0.530. The summed E-state index contributed by atoms with van der Waals surface area (Å²) >= 11 is 6.15. The van der Waals surface area contributed by atoms with Crippen molar-refractivity contribution in [2.45, 2.75) is 32.6 Å². The molecule has 0 unspecified atom stereocenters. The molecule has 1 saturated heterocycles. The van der Waals surface area contributed by atoms with Crippen LogP contribution >= 0.6 is 11.6 Å². The van der Waals surface area contributed by atoms with Gasteiger partial charge in [0.15, 0.2) is 0 Å². The fraction of sp³-hybridized carbons (Fsp3) is 0.381. The first-order chi connectivity index (χ1) is 13.0. The van der Waals surface area contributed by atoms with E-state index in [1.807, 2.05) is 59.8 Å². The van der Waals surface area contributed by atoms with Gasteiger partial charge in [-0.2, -0.15) is 0 Å². The molecule has 4 rings (SSSR count). The highest BCUT2D eigenvalue weighted by Gasteiger charge is 2.27. The quantitative estimate of drug-likeness (QED) is 0.674. The van der Waals surface area contributed by atoms with Gasteiger partial charge >= 0.3 is 0 Å². The summed E-state index contributed by atoms with van der Waals surface area (Å²) in [6.07, 6.45) is 5.75. The number of fused-ring (bicyclic) bond motifs is 1. The van der Waals surface area contributed by atoms with Crippen LogP contribution in [0.1, 0.15) is 38.3 Å². The average Bonchev–Trinajstić information content (AvgIpc) is 3.10. The zero-order valence-electron chi connectivity index (χ0n) is 15.6. The van der Waals surface area contributed by atoms with E-state index in [0.717, 1.165) is 48.7 Å². The second kappa shape index (κ2) is 7.31. The van der Waals surface area contributed by atoms with Crippen molar-refractivity contribution >= 4 is 23.2 Å². The van der Waals surface area contributed by atoms with Crippen molar-refractivity contribution in [3.05, 3.63) is 53.4 Å². The number of hydrogen-bond donors (Lipinski definition) is 0. The lowest BCUT2D eigenvalue weighted by atomic mass is 9.93. The molecule has 0 spiro atoms. The molecule has 1 aliphatic rings. The van der Waals surface area contributed by atoms with Crippen LogP contribution in [0.4, 0.5) is 0 Å². The van der Waals surface area contributed by atoms with Crippen LogP contribution in [-0.2, 0) is 4.79 Å². The lowest BCUT2D eigenvalue weighted by Crippen LogP contribution is -2.41. The first kappa shape index (κ1) is 18.0. The van der Waals surface area contributed by atoms with Crippen LogP contribution in [-0.4, -0.2) is 38.3 Å². The molecule has 0 N–H and O–H groups in total. The van der Waals surface area contributed by atoms with Gasteiger partial charge in [-0.25, -0.2) is 4.98 Å². The number of nitrogens with zero attached hydrogens (tertiary/aromatic N) is 4. The fourth-order valence-electron chi connectivity index (χ4n) is 3.75. The maximum absolute atomic E-state index is 12.4. The highest BCUT2D eigenvalue weighted by molar-refractivity contribution is 6.30. The van der Waals surface area contributed by atoms with E-state index in [1.165, 1.54) is 0 Å². The Bertz CT molecular complexity index is 981. The van der Waals surface area contributed by atoms with Gasteiger partial charge in [-0.15, -0.1) is 0 Å². The Kier molecular flexibility index (Phi) is 4.87. The molecule has 4 heterocycles. The average molecular weight is 383 g/mol. The smallest absolute Gasteiger partial charge is 0.225 e. The molecule has 6 heteroatoms. The van der Waals surface area contributed by atoms with E-state index < -0.39 is 0 Å². The predicted octanol–water partition coefficient (Wildman–Crippen LogP) is 4.41. The maximum atomic E-state index is 12.4. The number of hydrogen-bond acceptors (Lipinski definition) is 3. The number of imidazole rings is 1. The van der Waals surface area contributed by atoms with Crippen molar-refractivity contribution in [3.63, 3.8) is 0 Å². The van der Waals surface area contributed by atoms with Gasteiger partial charge in [-0.05, 0) is 37.1 Å². The molecular formula is C21H23ClN4O. The van der Waals surface area contributed by atoms with Crippen LogP contribution in [0.15, 0.2) is 42.7 Å². The molecule has 3 aromatic heterocycles. The van der Waals surface area contributed by atoms with Gasteiger partial charge in [0.25, 0.3) is 0 Å². The van der Waals surface area contributed by atoms with Crippen molar-refractivity contribution < 1.29 is 4.79 Å². The van der Waals surface area contributed by atoms with Gasteiger partial charge < -0.3 is 4.90 Å². The Morgan fingerprint density at radius 3 is 2.93 bits per heavy atom. The van der Waals surface area contributed by atoms with E-state index in [0.29, 0.717) is 5.02 Å². The highest BCUT2D eigenvalue weighted by atomic mass is 35.5. The molecule has 1 atom stereocenters. The third-order valence-electron chi connectivity index (χ3n) is 5.15. The predicted molar refractivity (Wildman–Crippen MR) is 107 cm³/mol. The van der Waals surface area contributed by atoms with Gasteiger partial charge in [0.1, 0.15) is 5.65 Å². The van der Waals surface area contributed by atoms with Gasteiger partial charge in [0.2, 0.25) is 5.91 Å². The maximum Gasteiger partial charge on any atom is 0.225 e. The molecule has 0 bridgehead atoms. The zero-order chi connectivity index (χ0) is 19.0. The van der Waals surface area contributed by atoms with Gasteiger partial charge in [0, 0.05) is 36.8 Å². The zero-order valence-corrected chi connectivity index (χ0v) is 16.4. The van der Waals surface area contributed by atoms with Crippen LogP contribution in [0.2, 0.25) is 5.02 Å². The molecule has 0 aliphatic carbocycles. The van der Waals surface area contributed by atoms with E-state index in [4.69, 9.17) is 16.6 Å². The lowest BCUT2D eigenvalue weighted by molar-refractivity contribution is -0.135. The standard InChI is InChI=1S/C21H23ClN4O/c1-14(2)21(27)25-10-4-5-15(12-25)17-6-3-7-18(24-17)19-11-23-20-9-8-16(22)13-26(19)20/h3,6-9,11,13-15H,4-5,10,12H2,1-2H3/t15-/m0/s1. The molecule has 27 heavy (non-hydrogen) atoms. The molecule has 1 amide bonds. The van der Waals surface area contributed by atoms with Crippen LogP contribution in [0.3, 0.4) is 0 Å². The molecular weight excluding hydrogens is 360 g/mol. The molecule has 1 fully saturated rings. The van der Waals surface area contributed by atoms with Gasteiger partial charge in [-0.1, -0.05) is 31.5 Å². The van der Waals surface area contributed by atoms with E-state index in [1.54, 1.807) is 0 Å². The first-order valence-corrected chi connectivity index (χ1v) is 9.79. The second-order valence-corrected chi connectivity index (χ2v) is 7.88. The normalized spacial score (nSPS) is 17.6. The molecule has 5 nitrogen and oxygen atoms in total. The summed E-state index contributed by atoms with van der Waals surface area (Å²) in [6.45, 7) is 5.51. The van der Waals surface area contributed by atoms with Crippen LogP contribution in [0.5, 0.6) is 0 Å². The Morgan fingerprint density at radius 1 is 1.26 bits per heavy atom. The molecule has 0 saturated carbocycles. The number of amides is 1. The minimum atomic E-state index is 0.0333. The SMILES string of the molecule is CC(C)C(=O)N1CCC[C@H](c2cccc(-c3cnc4ccc(Cl)cn34)n2)C1. The van der Waals surface area contributed by atoms with Gasteiger partial charge in [-0.3, -0.25) is 14.2 Å². The number of piperidine rings is 1. The first-order valence-electron chi connectivity index (χ1n) is 9.41. The number of carbonyl (C=O) groups excluding carboxylic acids is 1. The Balaban J connectivity index is 1.64. The number of likely N-dealkylation sites (tertiary alicyclic amines) is 1. The van der Waals surface area contributed by atoms with E-state index >= 15 is 0 Å². The topological polar surface area (TPSA) is 50.5 Å². The summed E-state index contributed by atoms with van der Waals surface area (Å²) in [7, 11) is 0. The van der Waals surface area contributed by atoms with Crippen LogP contribution in [0.25, 0.3) is 17.0 Å². The van der Waals surface area contributed by atoms with Crippen molar-refractivity contribution in [1.82, 2.24) is 19.3 Å². The summed E-state index contributed by atoms with van der Waals surface area (Å²) in [5.41, 5.74) is 3.66. The molecule has 1 aliphatic heterocycles. The number of aromatic nitrogens is 3. The molecule has 140 valence electrons. The summed E-state index contributed by atoms with van der Waals surface area (Å²) in [6, 6.07) is 9.82. The molecule has 3 aromatic rings. The minimum Gasteiger partial charge on any atom is -0.342 e. The fourth-order valence-corrected chi connectivity index (χ4v) is 3.91. The highest BCUT2D eigenvalue weighted by Crippen LogP contribution is 2.29. The summed E-state index contributed by atoms with van der Waals surface area (Å²) in [4.78, 5) is 23.7.